The minimum absolute atomic E-state index is 0. The maximum Gasteiger partial charge on any atom is 0.290 e. The number of rotatable bonds is 0. The fraction of sp³-hybridized carbons (Fsp3) is 0.909. The number of carboxylic acid groups (broad SMARTS) is 1. The summed E-state index contributed by atoms with van der Waals surface area (Å²) in [6.45, 7) is -0.250. The first-order valence-electron chi connectivity index (χ1n) is 5.52. The molecule has 0 saturated heterocycles. The largest absolute Gasteiger partial charge is 0.483 e. The van der Waals surface area contributed by atoms with Crippen molar-refractivity contribution in [3.63, 3.8) is 0 Å². The Kier molecular flexibility index (Phi) is 4.01. The lowest BCUT2D eigenvalue weighted by Gasteiger charge is -2.55. The standard InChI is InChI=1S/C10H17N.CH2O2.ClH/c11-10-4-7-1-8(5-10)3-9(2-7)6-10;2-1-3;/h7-9H,1-6,11H2;1H,(H,2,3);1H. The third-order valence-corrected chi connectivity index (χ3v) is 4.09. The fourth-order valence-electron chi connectivity index (χ4n) is 4.18. The maximum absolute atomic E-state index is 8.36. The summed E-state index contributed by atoms with van der Waals surface area (Å²) in [7, 11) is 0. The summed E-state index contributed by atoms with van der Waals surface area (Å²) in [6, 6.07) is 0. The van der Waals surface area contributed by atoms with E-state index >= 15 is 0 Å². The number of halogens is 1. The van der Waals surface area contributed by atoms with E-state index in [9.17, 15) is 0 Å². The monoisotopic (exact) mass is 233 g/mol. The average Bonchev–Trinajstić information content (AvgIpc) is 1.99. The molecule has 0 atom stereocenters. The van der Waals surface area contributed by atoms with Crippen molar-refractivity contribution in [1.29, 1.82) is 0 Å². The van der Waals surface area contributed by atoms with Crippen LogP contribution in [0.1, 0.15) is 38.5 Å². The van der Waals surface area contributed by atoms with Gasteiger partial charge in [0.15, 0.2) is 0 Å². The Morgan fingerprint density at radius 2 is 1.33 bits per heavy atom. The molecule has 15 heavy (non-hydrogen) atoms. The number of hydrogen-bond donors (Lipinski definition) is 2. The van der Waals surface area contributed by atoms with Crippen molar-refractivity contribution in [1.82, 2.24) is 0 Å². The molecule has 4 rings (SSSR count). The maximum atomic E-state index is 8.36. The molecule has 4 heteroatoms. The Labute approximate surface area is 96.8 Å². The van der Waals surface area contributed by atoms with Crippen molar-refractivity contribution in [2.45, 2.75) is 44.1 Å². The molecule has 88 valence electrons. The first-order valence-corrected chi connectivity index (χ1v) is 5.52. The van der Waals surface area contributed by atoms with Crippen LogP contribution in [0.4, 0.5) is 0 Å². The second kappa shape index (κ2) is 4.71. The van der Waals surface area contributed by atoms with E-state index < -0.39 is 0 Å². The molecule has 4 saturated carbocycles. The average molecular weight is 234 g/mol. The van der Waals surface area contributed by atoms with Crippen molar-refractivity contribution < 1.29 is 9.90 Å². The molecule has 4 aliphatic rings. The number of carbonyl (C=O) groups is 1. The van der Waals surface area contributed by atoms with Crippen LogP contribution in [0, 0.1) is 17.8 Å². The minimum Gasteiger partial charge on any atom is -0.483 e. The van der Waals surface area contributed by atoms with Crippen LogP contribution < -0.4 is 5.73 Å². The Morgan fingerprint density at radius 1 is 1.07 bits per heavy atom. The third-order valence-electron chi connectivity index (χ3n) is 4.09. The normalized spacial score (nSPS) is 45.0. The Balaban J connectivity index is 0.000000256. The van der Waals surface area contributed by atoms with E-state index in [-0.39, 0.29) is 18.9 Å². The van der Waals surface area contributed by atoms with Crippen LogP contribution in [-0.2, 0) is 4.79 Å². The molecule has 0 aromatic carbocycles. The smallest absolute Gasteiger partial charge is 0.290 e. The molecule has 0 amide bonds. The Morgan fingerprint density at radius 3 is 1.53 bits per heavy atom. The predicted octanol–water partition coefficient (Wildman–Crippen LogP) is 2.04. The zero-order chi connectivity index (χ0) is 10.2. The highest BCUT2D eigenvalue weighted by molar-refractivity contribution is 5.85. The zero-order valence-electron chi connectivity index (χ0n) is 8.89. The van der Waals surface area contributed by atoms with Gasteiger partial charge in [0.1, 0.15) is 0 Å². The predicted molar refractivity (Wildman–Crippen MR) is 61.0 cm³/mol. The van der Waals surface area contributed by atoms with E-state index in [2.05, 4.69) is 0 Å². The first kappa shape index (κ1) is 12.8. The van der Waals surface area contributed by atoms with Gasteiger partial charge in [-0.3, -0.25) is 4.79 Å². The van der Waals surface area contributed by atoms with Crippen molar-refractivity contribution in [3.8, 4) is 0 Å². The van der Waals surface area contributed by atoms with Crippen molar-refractivity contribution in [2.24, 2.45) is 23.5 Å². The van der Waals surface area contributed by atoms with Crippen molar-refractivity contribution in [3.05, 3.63) is 0 Å². The molecule has 3 nitrogen and oxygen atoms in total. The van der Waals surface area contributed by atoms with Gasteiger partial charge in [0.2, 0.25) is 0 Å². The summed E-state index contributed by atoms with van der Waals surface area (Å²) >= 11 is 0. The van der Waals surface area contributed by atoms with Gasteiger partial charge in [0, 0.05) is 5.54 Å². The van der Waals surface area contributed by atoms with E-state index in [1.165, 1.54) is 38.5 Å². The summed E-state index contributed by atoms with van der Waals surface area (Å²) in [5.74, 6) is 3.06. The molecule has 4 bridgehead atoms. The van der Waals surface area contributed by atoms with Gasteiger partial charge in [0.05, 0.1) is 0 Å². The van der Waals surface area contributed by atoms with Gasteiger partial charge < -0.3 is 10.8 Å². The van der Waals surface area contributed by atoms with Crippen LogP contribution in [0.25, 0.3) is 0 Å². The molecule has 0 heterocycles. The highest BCUT2D eigenvalue weighted by atomic mass is 35.5. The first-order chi connectivity index (χ1) is 6.65. The third kappa shape index (κ3) is 2.64. The van der Waals surface area contributed by atoms with E-state index in [4.69, 9.17) is 15.6 Å². The second-order valence-electron chi connectivity index (χ2n) is 5.39. The summed E-state index contributed by atoms with van der Waals surface area (Å²) in [5, 5.41) is 6.89. The molecule has 0 unspecified atom stereocenters. The lowest BCUT2D eigenvalue weighted by Crippen LogP contribution is -2.55. The van der Waals surface area contributed by atoms with Crippen LogP contribution in [0.15, 0.2) is 0 Å². The highest BCUT2D eigenvalue weighted by Crippen LogP contribution is 2.54. The highest BCUT2D eigenvalue weighted by Gasteiger charge is 2.48. The molecule has 0 aromatic heterocycles. The summed E-state index contributed by atoms with van der Waals surface area (Å²) in [4.78, 5) is 8.36. The van der Waals surface area contributed by atoms with Gasteiger partial charge in [-0.2, -0.15) is 0 Å². The van der Waals surface area contributed by atoms with Crippen molar-refractivity contribution >= 4 is 18.9 Å². The molecule has 0 aromatic rings. The van der Waals surface area contributed by atoms with Gasteiger partial charge in [-0.15, -0.1) is 12.4 Å². The van der Waals surface area contributed by atoms with Crippen LogP contribution in [0.2, 0.25) is 0 Å². The SMILES string of the molecule is Cl.NC12CC3CC(CC(C3)C1)C2.O=CO. The van der Waals surface area contributed by atoms with E-state index in [0.717, 1.165) is 17.8 Å². The molecule has 4 aliphatic carbocycles. The quantitative estimate of drug-likeness (QED) is 0.630. The summed E-state index contributed by atoms with van der Waals surface area (Å²) in [5.41, 5.74) is 6.62. The summed E-state index contributed by atoms with van der Waals surface area (Å²) < 4.78 is 0. The van der Waals surface area contributed by atoms with E-state index in [1.807, 2.05) is 0 Å². The minimum atomic E-state index is -0.250. The molecule has 4 fully saturated rings. The lowest BCUT2D eigenvalue weighted by atomic mass is 9.53. The zero-order valence-corrected chi connectivity index (χ0v) is 9.71. The summed E-state index contributed by atoms with van der Waals surface area (Å²) in [6.07, 6.45) is 8.57. The molecule has 0 spiro atoms. The Bertz CT molecular complexity index is 197. The topological polar surface area (TPSA) is 63.3 Å². The van der Waals surface area contributed by atoms with Crippen molar-refractivity contribution in [2.75, 3.05) is 0 Å². The van der Waals surface area contributed by atoms with Crippen LogP contribution in [0.3, 0.4) is 0 Å². The van der Waals surface area contributed by atoms with Crippen LogP contribution in [-0.4, -0.2) is 17.1 Å². The van der Waals surface area contributed by atoms with E-state index in [1.54, 1.807) is 0 Å². The fourth-order valence-corrected chi connectivity index (χ4v) is 4.18. The molecular formula is C11H20ClNO2. The molecule has 0 aliphatic heterocycles. The Hall–Kier alpha value is -0.280. The van der Waals surface area contributed by atoms with E-state index in [0.29, 0.717) is 5.54 Å². The molecule has 3 N–H and O–H groups in total. The van der Waals surface area contributed by atoms with Crippen LogP contribution in [0.5, 0.6) is 0 Å². The second-order valence-corrected chi connectivity index (χ2v) is 5.39. The number of hydrogen-bond acceptors (Lipinski definition) is 2. The lowest BCUT2D eigenvalue weighted by molar-refractivity contribution is -0.122. The van der Waals surface area contributed by atoms with Gasteiger partial charge >= 0.3 is 0 Å². The molecule has 0 radical (unpaired) electrons. The van der Waals surface area contributed by atoms with Crippen LogP contribution >= 0.6 is 12.4 Å². The van der Waals surface area contributed by atoms with Gasteiger partial charge in [-0.05, 0) is 56.3 Å². The van der Waals surface area contributed by atoms with Gasteiger partial charge in [0.25, 0.3) is 6.47 Å². The number of nitrogens with two attached hydrogens (primary N) is 1. The van der Waals surface area contributed by atoms with Gasteiger partial charge in [-0.1, -0.05) is 0 Å². The molecular weight excluding hydrogens is 214 g/mol. The van der Waals surface area contributed by atoms with Gasteiger partial charge in [-0.25, -0.2) is 0 Å².